The molecule has 2 rings (SSSR count). The molecule has 1 aromatic carbocycles. The monoisotopic (exact) mass is 221 g/mol. The minimum Gasteiger partial charge on any atom is -0.392 e. The molecule has 0 bridgehead atoms. The van der Waals surface area contributed by atoms with Crippen molar-refractivity contribution in [2.24, 2.45) is 0 Å². The van der Waals surface area contributed by atoms with Crippen LogP contribution in [0.5, 0.6) is 0 Å². The standard InChI is InChI=1S/C13H19NO2/c1-10-8-12(6-7-16-10)14-13-5-3-2-4-11(13)9-15/h2-5,10,12,14-15H,6-9H2,1H3. The molecule has 1 aliphatic rings. The maximum Gasteiger partial charge on any atom is 0.0701 e. The fraction of sp³-hybridized carbons (Fsp3) is 0.538. The Kier molecular flexibility index (Phi) is 3.80. The van der Waals surface area contributed by atoms with Gasteiger partial charge in [-0.25, -0.2) is 0 Å². The first-order chi connectivity index (χ1) is 7.79. The molecular weight excluding hydrogens is 202 g/mol. The molecule has 16 heavy (non-hydrogen) atoms. The van der Waals surface area contributed by atoms with Gasteiger partial charge in [-0.1, -0.05) is 18.2 Å². The van der Waals surface area contributed by atoms with Crippen LogP contribution in [0, 0.1) is 0 Å². The van der Waals surface area contributed by atoms with E-state index in [4.69, 9.17) is 4.74 Å². The van der Waals surface area contributed by atoms with Gasteiger partial charge in [0.1, 0.15) is 0 Å². The van der Waals surface area contributed by atoms with E-state index in [-0.39, 0.29) is 6.61 Å². The first-order valence-corrected chi connectivity index (χ1v) is 5.86. The minimum absolute atomic E-state index is 0.0853. The van der Waals surface area contributed by atoms with Crippen molar-refractivity contribution in [1.82, 2.24) is 0 Å². The Morgan fingerprint density at radius 1 is 1.44 bits per heavy atom. The Morgan fingerprint density at radius 2 is 2.25 bits per heavy atom. The lowest BCUT2D eigenvalue weighted by Gasteiger charge is -2.29. The maximum atomic E-state index is 9.24. The van der Waals surface area contributed by atoms with Gasteiger partial charge in [-0.3, -0.25) is 0 Å². The highest BCUT2D eigenvalue weighted by Gasteiger charge is 2.19. The summed E-state index contributed by atoms with van der Waals surface area (Å²) < 4.78 is 5.51. The second kappa shape index (κ2) is 5.32. The van der Waals surface area contributed by atoms with Gasteiger partial charge in [-0.2, -0.15) is 0 Å². The van der Waals surface area contributed by atoms with E-state index in [2.05, 4.69) is 12.2 Å². The Labute approximate surface area is 96.4 Å². The van der Waals surface area contributed by atoms with Gasteiger partial charge >= 0.3 is 0 Å². The second-order valence-corrected chi connectivity index (χ2v) is 4.36. The van der Waals surface area contributed by atoms with Crippen molar-refractivity contribution in [3.05, 3.63) is 29.8 Å². The van der Waals surface area contributed by atoms with Crippen LogP contribution in [-0.2, 0) is 11.3 Å². The van der Waals surface area contributed by atoms with Crippen molar-refractivity contribution >= 4 is 5.69 Å². The molecule has 1 aromatic rings. The van der Waals surface area contributed by atoms with Crippen molar-refractivity contribution in [2.75, 3.05) is 11.9 Å². The Hall–Kier alpha value is -1.06. The van der Waals surface area contributed by atoms with Gasteiger partial charge in [0.15, 0.2) is 0 Å². The molecule has 1 saturated heterocycles. The number of para-hydroxylation sites is 1. The number of hydrogen-bond acceptors (Lipinski definition) is 3. The van der Waals surface area contributed by atoms with Crippen LogP contribution < -0.4 is 5.32 Å². The lowest BCUT2D eigenvalue weighted by Crippen LogP contribution is -2.32. The first kappa shape index (κ1) is 11.4. The topological polar surface area (TPSA) is 41.5 Å². The lowest BCUT2D eigenvalue weighted by atomic mass is 10.0. The van der Waals surface area contributed by atoms with Crippen LogP contribution in [0.2, 0.25) is 0 Å². The molecule has 0 radical (unpaired) electrons. The number of anilines is 1. The van der Waals surface area contributed by atoms with Crippen LogP contribution in [0.4, 0.5) is 5.69 Å². The molecule has 3 nitrogen and oxygen atoms in total. The van der Waals surface area contributed by atoms with Gasteiger partial charge in [0, 0.05) is 23.9 Å². The molecule has 0 amide bonds. The van der Waals surface area contributed by atoms with Crippen LogP contribution in [0.15, 0.2) is 24.3 Å². The molecule has 1 fully saturated rings. The van der Waals surface area contributed by atoms with Crippen molar-refractivity contribution in [1.29, 1.82) is 0 Å². The molecule has 2 atom stereocenters. The Morgan fingerprint density at radius 3 is 3.00 bits per heavy atom. The molecule has 1 aliphatic heterocycles. The third-order valence-electron chi connectivity index (χ3n) is 3.03. The van der Waals surface area contributed by atoms with E-state index in [1.54, 1.807) is 0 Å². The molecule has 0 aliphatic carbocycles. The van der Waals surface area contributed by atoms with Crippen molar-refractivity contribution in [3.63, 3.8) is 0 Å². The molecule has 2 unspecified atom stereocenters. The molecule has 0 saturated carbocycles. The molecule has 0 aromatic heterocycles. The minimum atomic E-state index is 0.0853. The molecule has 88 valence electrons. The van der Waals surface area contributed by atoms with E-state index < -0.39 is 0 Å². The van der Waals surface area contributed by atoms with Crippen LogP contribution in [0.1, 0.15) is 25.3 Å². The van der Waals surface area contributed by atoms with Crippen molar-refractivity contribution in [3.8, 4) is 0 Å². The number of benzene rings is 1. The van der Waals surface area contributed by atoms with E-state index in [1.807, 2.05) is 24.3 Å². The summed E-state index contributed by atoms with van der Waals surface area (Å²) in [5, 5.41) is 12.7. The fourth-order valence-corrected chi connectivity index (χ4v) is 2.15. The Balaban J connectivity index is 2.02. The third kappa shape index (κ3) is 2.74. The summed E-state index contributed by atoms with van der Waals surface area (Å²) >= 11 is 0. The van der Waals surface area contributed by atoms with E-state index in [0.717, 1.165) is 30.7 Å². The first-order valence-electron chi connectivity index (χ1n) is 5.86. The SMILES string of the molecule is CC1CC(Nc2ccccc2CO)CCO1. The van der Waals surface area contributed by atoms with Crippen LogP contribution in [-0.4, -0.2) is 23.9 Å². The average Bonchev–Trinajstić information content (AvgIpc) is 2.30. The second-order valence-electron chi connectivity index (χ2n) is 4.36. The quantitative estimate of drug-likeness (QED) is 0.821. The molecule has 0 spiro atoms. The number of nitrogens with one attached hydrogen (secondary N) is 1. The number of aliphatic hydroxyl groups is 1. The highest BCUT2D eigenvalue weighted by atomic mass is 16.5. The van der Waals surface area contributed by atoms with Crippen LogP contribution >= 0.6 is 0 Å². The van der Waals surface area contributed by atoms with Crippen LogP contribution in [0.3, 0.4) is 0 Å². The maximum absolute atomic E-state index is 9.24. The molecular formula is C13H19NO2. The smallest absolute Gasteiger partial charge is 0.0701 e. The number of rotatable bonds is 3. The molecule has 1 heterocycles. The van der Waals surface area contributed by atoms with Gasteiger partial charge in [-0.15, -0.1) is 0 Å². The summed E-state index contributed by atoms with van der Waals surface area (Å²) in [6, 6.07) is 8.36. The van der Waals surface area contributed by atoms with Gasteiger partial charge in [0.25, 0.3) is 0 Å². The predicted octanol–water partition coefficient (Wildman–Crippen LogP) is 2.16. The predicted molar refractivity (Wildman–Crippen MR) is 64.4 cm³/mol. The Bertz CT molecular complexity index is 340. The van der Waals surface area contributed by atoms with Gasteiger partial charge in [0.2, 0.25) is 0 Å². The zero-order chi connectivity index (χ0) is 11.4. The summed E-state index contributed by atoms with van der Waals surface area (Å²) in [6.45, 7) is 3.01. The number of aliphatic hydroxyl groups excluding tert-OH is 1. The van der Waals surface area contributed by atoms with Gasteiger partial charge in [-0.05, 0) is 25.8 Å². The summed E-state index contributed by atoms with van der Waals surface area (Å²) in [6.07, 6.45) is 2.39. The zero-order valence-electron chi connectivity index (χ0n) is 9.65. The summed E-state index contributed by atoms with van der Waals surface area (Å²) in [5.74, 6) is 0. The van der Waals surface area contributed by atoms with Crippen molar-refractivity contribution < 1.29 is 9.84 Å². The summed E-state index contributed by atoms with van der Waals surface area (Å²) in [7, 11) is 0. The van der Waals surface area contributed by atoms with E-state index in [0.29, 0.717) is 12.1 Å². The lowest BCUT2D eigenvalue weighted by molar-refractivity contribution is 0.0232. The summed E-state index contributed by atoms with van der Waals surface area (Å²) in [4.78, 5) is 0. The number of hydrogen-bond donors (Lipinski definition) is 2. The molecule has 3 heteroatoms. The number of ether oxygens (including phenoxy) is 1. The van der Waals surface area contributed by atoms with Gasteiger partial charge < -0.3 is 15.2 Å². The third-order valence-corrected chi connectivity index (χ3v) is 3.03. The molecule has 2 N–H and O–H groups in total. The fourth-order valence-electron chi connectivity index (χ4n) is 2.15. The highest BCUT2D eigenvalue weighted by molar-refractivity contribution is 5.51. The van der Waals surface area contributed by atoms with E-state index in [9.17, 15) is 5.11 Å². The van der Waals surface area contributed by atoms with E-state index in [1.165, 1.54) is 0 Å². The van der Waals surface area contributed by atoms with Crippen molar-refractivity contribution in [2.45, 2.75) is 38.5 Å². The zero-order valence-corrected chi connectivity index (χ0v) is 9.65. The van der Waals surface area contributed by atoms with Crippen LogP contribution in [0.25, 0.3) is 0 Å². The normalized spacial score (nSPS) is 25.4. The average molecular weight is 221 g/mol. The highest BCUT2D eigenvalue weighted by Crippen LogP contribution is 2.21. The largest absolute Gasteiger partial charge is 0.392 e. The summed E-state index contributed by atoms with van der Waals surface area (Å²) in [5.41, 5.74) is 2.01. The van der Waals surface area contributed by atoms with Gasteiger partial charge in [0.05, 0.1) is 12.7 Å². The van der Waals surface area contributed by atoms with E-state index >= 15 is 0 Å².